The van der Waals surface area contributed by atoms with Crippen LogP contribution in [0.1, 0.15) is 5.56 Å². The first kappa shape index (κ1) is 23.4. The van der Waals surface area contributed by atoms with Crippen molar-refractivity contribution in [2.24, 2.45) is 4.99 Å². The van der Waals surface area contributed by atoms with Crippen molar-refractivity contribution in [3.05, 3.63) is 54.1 Å². The van der Waals surface area contributed by atoms with E-state index in [1.807, 2.05) is 0 Å². The Morgan fingerprint density at radius 3 is 2.52 bits per heavy atom. The Kier molecular flexibility index (Phi) is 6.32. The van der Waals surface area contributed by atoms with Gasteiger partial charge < -0.3 is 15.0 Å². The van der Waals surface area contributed by atoms with Gasteiger partial charge in [0.25, 0.3) is 0 Å². The fraction of sp³-hybridized carbons (Fsp3) is 0.333. The number of amidine groups is 1. The van der Waals surface area contributed by atoms with Crippen LogP contribution in [-0.4, -0.2) is 55.9 Å². The number of carbonyl (C=O) groups excluding carboxylic acids is 1. The summed E-state index contributed by atoms with van der Waals surface area (Å²) in [6.07, 6.45) is -4.62. The lowest BCUT2D eigenvalue weighted by Crippen LogP contribution is -2.37. The summed E-state index contributed by atoms with van der Waals surface area (Å²) in [4.78, 5) is 18.9. The Balaban J connectivity index is 1.59. The van der Waals surface area contributed by atoms with E-state index >= 15 is 0 Å². The molecule has 2 heterocycles. The number of nitrogens with one attached hydrogen (secondary N) is 1. The lowest BCUT2D eigenvalue weighted by atomic mass is 10.1. The number of sulfone groups is 1. The number of ether oxygens (including phenoxy) is 1. The topological polar surface area (TPSA) is 88.1 Å². The van der Waals surface area contributed by atoms with Crippen LogP contribution in [0.5, 0.6) is 5.75 Å². The number of benzene rings is 2. The molecule has 33 heavy (non-hydrogen) atoms. The van der Waals surface area contributed by atoms with E-state index in [0.717, 1.165) is 6.07 Å². The number of halogens is 3. The molecule has 0 radical (unpaired) electrons. The van der Waals surface area contributed by atoms with Crippen molar-refractivity contribution in [2.75, 3.05) is 35.4 Å². The monoisotopic (exact) mass is 499 g/mol. The van der Waals surface area contributed by atoms with Crippen molar-refractivity contribution in [3.63, 3.8) is 0 Å². The molecule has 176 valence electrons. The second-order valence-electron chi connectivity index (χ2n) is 7.59. The Bertz CT molecular complexity index is 1180. The van der Waals surface area contributed by atoms with E-state index in [0.29, 0.717) is 16.6 Å². The second kappa shape index (κ2) is 8.90. The van der Waals surface area contributed by atoms with Gasteiger partial charge in [-0.15, -0.1) is 0 Å². The van der Waals surface area contributed by atoms with Crippen LogP contribution in [0.4, 0.5) is 24.5 Å². The number of alkyl halides is 3. The SMILES string of the molecule is COc1ccc(N(CC(=O)Nc2ccccc2C(F)(F)F)C2=N[C@H]3CS(=O)(=O)C[C@@H]3S2)cc1. The molecule has 7 nitrogen and oxygen atoms in total. The van der Waals surface area contributed by atoms with Crippen molar-refractivity contribution >= 4 is 44.0 Å². The molecule has 2 aromatic rings. The van der Waals surface area contributed by atoms with Gasteiger partial charge in [0.05, 0.1) is 35.9 Å². The maximum atomic E-state index is 13.3. The molecule has 2 aromatic carbocycles. The third kappa shape index (κ3) is 5.27. The number of methoxy groups -OCH3 is 1. The van der Waals surface area contributed by atoms with Gasteiger partial charge >= 0.3 is 6.18 Å². The van der Waals surface area contributed by atoms with Gasteiger partial charge in [-0.1, -0.05) is 23.9 Å². The molecule has 1 saturated heterocycles. The Hall–Kier alpha value is -2.73. The van der Waals surface area contributed by atoms with Crippen molar-refractivity contribution in [3.8, 4) is 5.75 Å². The van der Waals surface area contributed by atoms with Gasteiger partial charge in [-0.2, -0.15) is 13.2 Å². The van der Waals surface area contributed by atoms with E-state index in [2.05, 4.69) is 10.3 Å². The van der Waals surface area contributed by atoms with Crippen LogP contribution in [0.15, 0.2) is 53.5 Å². The molecule has 2 aliphatic heterocycles. The molecule has 0 aliphatic carbocycles. The Morgan fingerprint density at radius 1 is 1.18 bits per heavy atom. The normalized spacial score (nSPS) is 21.3. The molecule has 0 spiro atoms. The molecule has 0 unspecified atom stereocenters. The summed E-state index contributed by atoms with van der Waals surface area (Å²) < 4.78 is 68.8. The number of carbonyl (C=O) groups is 1. The van der Waals surface area contributed by atoms with Crippen molar-refractivity contribution in [1.82, 2.24) is 0 Å². The number of anilines is 2. The summed E-state index contributed by atoms with van der Waals surface area (Å²) >= 11 is 1.26. The lowest BCUT2D eigenvalue weighted by molar-refractivity contribution is -0.137. The average molecular weight is 500 g/mol. The molecule has 1 amide bonds. The van der Waals surface area contributed by atoms with Gasteiger partial charge in [0.2, 0.25) is 5.91 Å². The molecule has 0 saturated carbocycles. The van der Waals surface area contributed by atoms with Crippen molar-refractivity contribution < 1.29 is 31.1 Å². The van der Waals surface area contributed by atoms with Crippen LogP contribution in [-0.2, 0) is 20.8 Å². The number of amides is 1. The van der Waals surface area contributed by atoms with Crippen LogP contribution in [0, 0.1) is 0 Å². The molecule has 2 atom stereocenters. The molecule has 0 aromatic heterocycles. The first-order chi connectivity index (χ1) is 15.6. The van der Waals surface area contributed by atoms with Crippen LogP contribution in [0.3, 0.4) is 0 Å². The third-order valence-corrected chi connectivity index (χ3v) is 8.48. The molecule has 1 N–H and O–H groups in total. The van der Waals surface area contributed by atoms with Gasteiger partial charge in [0.1, 0.15) is 12.3 Å². The summed E-state index contributed by atoms with van der Waals surface area (Å²) in [5.74, 6) is -0.145. The van der Waals surface area contributed by atoms with Gasteiger partial charge in [0, 0.05) is 10.9 Å². The lowest BCUT2D eigenvalue weighted by Gasteiger charge is -2.24. The maximum Gasteiger partial charge on any atom is 0.418 e. The summed E-state index contributed by atoms with van der Waals surface area (Å²) in [5.41, 5.74) is -0.709. The molecule has 1 fully saturated rings. The minimum absolute atomic E-state index is 0.00304. The number of hydrogen-bond acceptors (Lipinski definition) is 7. The van der Waals surface area contributed by atoms with Crippen molar-refractivity contribution in [1.29, 1.82) is 0 Å². The third-order valence-electron chi connectivity index (χ3n) is 5.23. The number of nitrogens with zero attached hydrogens (tertiary/aromatic N) is 2. The van der Waals surface area contributed by atoms with E-state index in [1.165, 1.54) is 37.1 Å². The molecular formula is C21H20F3N3O4S2. The Labute approximate surface area is 192 Å². The molecule has 0 bridgehead atoms. The first-order valence-corrected chi connectivity index (χ1v) is 12.6. The van der Waals surface area contributed by atoms with E-state index in [-0.39, 0.29) is 29.0 Å². The molecule has 12 heteroatoms. The minimum atomic E-state index is -4.62. The fourth-order valence-corrected chi connectivity index (χ4v) is 7.46. The summed E-state index contributed by atoms with van der Waals surface area (Å²) in [6.45, 7) is -0.309. The van der Waals surface area contributed by atoms with Crippen LogP contribution < -0.4 is 15.0 Å². The zero-order chi connectivity index (χ0) is 23.8. The molecule has 2 aliphatic rings. The smallest absolute Gasteiger partial charge is 0.418 e. The zero-order valence-electron chi connectivity index (χ0n) is 17.4. The quantitative estimate of drug-likeness (QED) is 0.678. The minimum Gasteiger partial charge on any atom is -0.497 e. The number of aliphatic imine (C=N–C) groups is 1. The van der Waals surface area contributed by atoms with Crippen molar-refractivity contribution in [2.45, 2.75) is 17.5 Å². The van der Waals surface area contributed by atoms with E-state index < -0.39 is 33.5 Å². The maximum absolute atomic E-state index is 13.3. The molecular weight excluding hydrogens is 479 g/mol. The predicted octanol–water partition coefficient (Wildman–Crippen LogP) is 3.43. The highest BCUT2D eigenvalue weighted by Crippen LogP contribution is 2.37. The van der Waals surface area contributed by atoms with E-state index in [1.54, 1.807) is 29.2 Å². The summed E-state index contributed by atoms with van der Waals surface area (Å²) in [5, 5.41) is 2.54. The van der Waals surface area contributed by atoms with Gasteiger partial charge in [-0.05, 0) is 36.4 Å². The number of para-hydroxylation sites is 1. The second-order valence-corrected chi connectivity index (χ2v) is 10.9. The van der Waals surface area contributed by atoms with Crippen LogP contribution >= 0.6 is 11.8 Å². The number of thioether (sulfide) groups is 1. The highest BCUT2D eigenvalue weighted by atomic mass is 32.2. The highest BCUT2D eigenvalue weighted by Gasteiger charge is 2.44. The largest absolute Gasteiger partial charge is 0.497 e. The predicted molar refractivity (Wildman–Crippen MR) is 122 cm³/mol. The number of hydrogen-bond donors (Lipinski definition) is 1. The van der Waals surface area contributed by atoms with Gasteiger partial charge in [-0.25, -0.2) is 8.42 Å². The van der Waals surface area contributed by atoms with E-state index in [4.69, 9.17) is 4.74 Å². The van der Waals surface area contributed by atoms with Crippen LogP contribution in [0.2, 0.25) is 0 Å². The zero-order valence-corrected chi connectivity index (χ0v) is 19.0. The van der Waals surface area contributed by atoms with Gasteiger partial charge in [0.15, 0.2) is 15.0 Å². The first-order valence-electron chi connectivity index (χ1n) is 9.88. The van der Waals surface area contributed by atoms with E-state index in [9.17, 15) is 26.4 Å². The fourth-order valence-electron chi connectivity index (χ4n) is 3.68. The number of fused-ring (bicyclic) bond motifs is 1. The Morgan fingerprint density at radius 2 is 1.88 bits per heavy atom. The summed E-state index contributed by atoms with van der Waals surface area (Å²) in [6, 6.07) is 11.1. The highest BCUT2D eigenvalue weighted by molar-refractivity contribution is 8.15. The van der Waals surface area contributed by atoms with Gasteiger partial charge in [-0.3, -0.25) is 9.79 Å². The van der Waals surface area contributed by atoms with Crippen LogP contribution in [0.25, 0.3) is 0 Å². The number of rotatable bonds is 5. The molecule has 4 rings (SSSR count). The standard InChI is InChI=1S/C21H20F3N3O4S2/c1-31-14-8-6-13(7-9-14)27(20-26-17-11-33(29,30)12-18(17)32-20)10-19(28)25-16-5-3-2-4-15(16)21(22,23)24/h2-9,17-18H,10-12H2,1H3,(H,25,28)/t17-,18-/m0/s1. The summed E-state index contributed by atoms with van der Waals surface area (Å²) in [7, 11) is -1.65. The average Bonchev–Trinajstić information content (AvgIpc) is 3.25.